The maximum Gasteiger partial charge on any atom is 0.160 e. The van der Waals surface area contributed by atoms with Crippen molar-refractivity contribution in [3.8, 4) is 67.3 Å². The van der Waals surface area contributed by atoms with E-state index in [1.54, 1.807) is 0 Å². The number of hydrogen-bond donors (Lipinski definition) is 0. The Labute approximate surface area is 367 Å². The van der Waals surface area contributed by atoms with Crippen LogP contribution in [0.15, 0.2) is 243 Å². The van der Waals surface area contributed by atoms with E-state index in [1.807, 2.05) is 18.2 Å². The summed E-state index contributed by atoms with van der Waals surface area (Å²) >= 11 is 0. The summed E-state index contributed by atoms with van der Waals surface area (Å²) in [7, 11) is 0. The molecule has 0 atom stereocenters. The van der Waals surface area contributed by atoms with Crippen molar-refractivity contribution in [1.29, 1.82) is 0 Å². The van der Waals surface area contributed by atoms with E-state index < -0.39 is 5.41 Å². The van der Waals surface area contributed by atoms with Gasteiger partial charge in [-0.3, -0.25) is 0 Å². The van der Waals surface area contributed by atoms with E-state index in [4.69, 9.17) is 9.97 Å². The lowest BCUT2D eigenvalue weighted by molar-refractivity contribution is 0.770. The van der Waals surface area contributed by atoms with Crippen LogP contribution in [-0.4, -0.2) is 9.97 Å². The molecule has 0 aliphatic heterocycles. The van der Waals surface area contributed by atoms with Gasteiger partial charge in [0, 0.05) is 16.7 Å². The number of benzene rings is 10. The Bertz CT molecular complexity index is 3440. The van der Waals surface area contributed by atoms with Gasteiger partial charge in [0.25, 0.3) is 0 Å². The molecular formula is C61H40N2. The fraction of sp³-hybridized carbons (Fsp3) is 0.0164. The summed E-state index contributed by atoms with van der Waals surface area (Å²) in [5.74, 6) is 0.707. The van der Waals surface area contributed by atoms with Gasteiger partial charge in [-0.2, -0.15) is 0 Å². The normalized spacial score (nSPS) is 12.6. The molecule has 0 unspecified atom stereocenters. The van der Waals surface area contributed by atoms with Crippen LogP contribution in [0.5, 0.6) is 0 Å². The second-order valence-corrected chi connectivity index (χ2v) is 16.4. The first-order chi connectivity index (χ1) is 31.3. The Morgan fingerprint density at radius 2 is 0.746 bits per heavy atom. The van der Waals surface area contributed by atoms with E-state index in [1.165, 1.54) is 71.8 Å². The van der Waals surface area contributed by atoms with Gasteiger partial charge in [0.15, 0.2) is 5.82 Å². The maximum atomic E-state index is 5.26. The fourth-order valence-electron chi connectivity index (χ4n) is 10.2. The molecule has 0 saturated heterocycles. The van der Waals surface area contributed by atoms with Crippen molar-refractivity contribution in [2.45, 2.75) is 5.41 Å². The van der Waals surface area contributed by atoms with Crippen LogP contribution in [0, 0.1) is 0 Å². The SMILES string of the molecule is c1ccc(-c2nc(-c3cccc4ccccc34)cc(-c3ccc(-c4ccc(-c5cccc6c5C(c5ccccc5)(c5ccccc5)c5ccccc5-6)cc4)c4ccccc34)n2)cc1. The first-order valence-corrected chi connectivity index (χ1v) is 21.7. The highest BCUT2D eigenvalue weighted by atomic mass is 14.9. The van der Waals surface area contributed by atoms with E-state index in [2.05, 4.69) is 224 Å². The second-order valence-electron chi connectivity index (χ2n) is 16.4. The molecule has 63 heavy (non-hydrogen) atoms. The molecule has 0 fully saturated rings. The summed E-state index contributed by atoms with van der Waals surface area (Å²) < 4.78 is 0. The minimum atomic E-state index is -0.482. The standard InChI is InChI=1S/C61H40N2/c1-4-19-44(20-5-1)60-62-57(53-31-16-21-41-18-10-11-26-47(41)53)40-58(63-60)54-39-38-48(50-27-12-13-28-51(50)54)42-34-36-43(37-35-42)49-30-17-32-55-52-29-14-15-33-56(52)61(59(49)55,45-22-6-2-7-23-45)46-24-8-3-9-25-46/h1-40H. The Balaban J connectivity index is 0.994. The Hall–Kier alpha value is -8.20. The molecule has 1 aromatic heterocycles. The average molecular weight is 801 g/mol. The summed E-state index contributed by atoms with van der Waals surface area (Å²) in [6.07, 6.45) is 0. The predicted octanol–water partition coefficient (Wildman–Crippen LogP) is 15.5. The van der Waals surface area contributed by atoms with E-state index in [9.17, 15) is 0 Å². The van der Waals surface area contributed by atoms with Crippen LogP contribution < -0.4 is 0 Å². The third-order valence-corrected chi connectivity index (χ3v) is 13.0. The number of fused-ring (bicyclic) bond motifs is 5. The van der Waals surface area contributed by atoms with Crippen LogP contribution in [-0.2, 0) is 5.41 Å². The van der Waals surface area contributed by atoms with E-state index in [0.29, 0.717) is 5.82 Å². The van der Waals surface area contributed by atoms with Gasteiger partial charge in [-0.1, -0.05) is 237 Å². The quantitative estimate of drug-likeness (QED) is 0.160. The Morgan fingerprint density at radius 1 is 0.286 bits per heavy atom. The summed E-state index contributed by atoms with van der Waals surface area (Å²) in [4.78, 5) is 10.5. The molecule has 0 radical (unpaired) electrons. The lowest BCUT2D eigenvalue weighted by Crippen LogP contribution is -2.29. The molecule has 2 nitrogen and oxygen atoms in total. The topological polar surface area (TPSA) is 25.8 Å². The largest absolute Gasteiger partial charge is 0.228 e. The lowest BCUT2D eigenvalue weighted by atomic mass is 9.66. The van der Waals surface area contributed by atoms with Gasteiger partial charge in [0.05, 0.1) is 16.8 Å². The van der Waals surface area contributed by atoms with E-state index in [-0.39, 0.29) is 0 Å². The minimum Gasteiger partial charge on any atom is -0.228 e. The predicted molar refractivity (Wildman–Crippen MR) is 262 cm³/mol. The highest BCUT2D eigenvalue weighted by Gasteiger charge is 2.47. The Morgan fingerprint density at radius 3 is 1.44 bits per heavy atom. The highest BCUT2D eigenvalue weighted by molar-refractivity contribution is 6.05. The average Bonchev–Trinajstić information content (AvgIpc) is 3.68. The molecule has 1 heterocycles. The number of rotatable bonds is 7. The number of hydrogen-bond acceptors (Lipinski definition) is 2. The van der Waals surface area contributed by atoms with Crippen molar-refractivity contribution in [2.24, 2.45) is 0 Å². The molecule has 1 aliphatic rings. The van der Waals surface area contributed by atoms with Crippen molar-refractivity contribution in [1.82, 2.24) is 9.97 Å². The smallest absolute Gasteiger partial charge is 0.160 e. The first kappa shape index (κ1) is 36.6. The summed E-state index contributed by atoms with van der Waals surface area (Å²) in [5.41, 5.74) is 17.0. The van der Waals surface area contributed by atoms with Crippen molar-refractivity contribution in [3.63, 3.8) is 0 Å². The van der Waals surface area contributed by atoms with Crippen LogP contribution >= 0.6 is 0 Å². The summed E-state index contributed by atoms with van der Waals surface area (Å²) in [6, 6.07) is 87.8. The third-order valence-electron chi connectivity index (χ3n) is 13.0. The molecule has 0 bridgehead atoms. The molecule has 0 amide bonds. The molecule has 0 spiro atoms. The second kappa shape index (κ2) is 15.1. The van der Waals surface area contributed by atoms with Crippen LogP contribution in [0.25, 0.3) is 88.8 Å². The van der Waals surface area contributed by atoms with Gasteiger partial charge in [0.1, 0.15) is 0 Å². The van der Waals surface area contributed by atoms with Crippen molar-refractivity contribution >= 4 is 21.5 Å². The zero-order valence-corrected chi connectivity index (χ0v) is 34.5. The van der Waals surface area contributed by atoms with Gasteiger partial charge >= 0.3 is 0 Å². The Kier molecular flexibility index (Phi) is 8.76. The van der Waals surface area contributed by atoms with Gasteiger partial charge in [-0.15, -0.1) is 0 Å². The van der Waals surface area contributed by atoms with Crippen LogP contribution in [0.2, 0.25) is 0 Å². The zero-order valence-electron chi connectivity index (χ0n) is 34.5. The van der Waals surface area contributed by atoms with Gasteiger partial charge in [-0.05, 0) is 83.2 Å². The van der Waals surface area contributed by atoms with Crippen LogP contribution in [0.4, 0.5) is 0 Å². The van der Waals surface area contributed by atoms with E-state index in [0.717, 1.165) is 33.5 Å². The molecule has 1 aliphatic carbocycles. The molecule has 0 N–H and O–H groups in total. The highest BCUT2D eigenvalue weighted by Crippen LogP contribution is 2.58. The molecule has 10 aromatic carbocycles. The van der Waals surface area contributed by atoms with Gasteiger partial charge in [0.2, 0.25) is 0 Å². The first-order valence-electron chi connectivity index (χ1n) is 21.7. The molecule has 294 valence electrons. The summed E-state index contributed by atoms with van der Waals surface area (Å²) in [6.45, 7) is 0. The molecule has 2 heteroatoms. The van der Waals surface area contributed by atoms with Crippen LogP contribution in [0.3, 0.4) is 0 Å². The number of aromatic nitrogens is 2. The molecule has 0 saturated carbocycles. The monoisotopic (exact) mass is 800 g/mol. The fourth-order valence-corrected chi connectivity index (χ4v) is 10.2. The van der Waals surface area contributed by atoms with Crippen molar-refractivity contribution in [2.75, 3.05) is 0 Å². The zero-order chi connectivity index (χ0) is 41.7. The molecule has 11 aromatic rings. The van der Waals surface area contributed by atoms with E-state index >= 15 is 0 Å². The van der Waals surface area contributed by atoms with Crippen molar-refractivity contribution in [3.05, 3.63) is 265 Å². The lowest BCUT2D eigenvalue weighted by Gasteiger charge is -2.35. The molecular weight excluding hydrogens is 761 g/mol. The van der Waals surface area contributed by atoms with Crippen molar-refractivity contribution < 1.29 is 0 Å². The maximum absolute atomic E-state index is 5.26. The van der Waals surface area contributed by atoms with Gasteiger partial charge in [-0.25, -0.2) is 9.97 Å². The van der Waals surface area contributed by atoms with Gasteiger partial charge < -0.3 is 0 Å². The minimum absolute atomic E-state index is 0.482. The summed E-state index contributed by atoms with van der Waals surface area (Å²) in [5, 5.41) is 4.68. The number of nitrogens with zero attached hydrogens (tertiary/aromatic N) is 2. The third kappa shape index (κ3) is 5.95. The molecule has 12 rings (SSSR count). The van der Waals surface area contributed by atoms with Crippen LogP contribution in [0.1, 0.15) is 22.3 Å².